The number of ether oxygens (including phenoxy) is 2. The van der Waals surface area contributed by atoms with Crippen molar-refractivity contribution in [2.45, 2.75) is 0 Å². The molecule has 2 aromatic carbocycles. The van der Waals surface area contributed by atoms with Crippen LogP contribution in [-0.2, 0) is 9.59 Å². The third-order valence-corrected chi connectivity index (χ3v) is 4.30. The molecule has 1 aliphatic rings. The molecule has 0 saturated heterocycles. The van der Waals surface area contributed by atoms with Crippen LogP contribution in [0.1, 0.15) is 0 Å². The topological polar surface area (TPSA) is 89.5 Å². The lowest BCUT2D eigenvalue weighted by Crippen LogP contribution is -2.28. The number of fused-ring (bicyclic) bond motifs is 2. The van der Waals surface area contributed by atoms with Gasteiger partial charge in [0, 0.05) is 11.8 Å². The molecular weight excluding hydrogens is 330 g/mol. The minimum absolute atomic E-state index is 0.144. The zero-order valence-electron chi connectivity index (χ0n) is 12.2. The van der Waals surface area contributed by atoms with Crippen molar-refractivity contribution in [1.82, 2.24) is 4.98 Å². The van der Waals surface area contributed by atoms with Gasteiger partial charge in [-0.3, -0.25) is 14.9 Å². The summed E-state index contributed by atoms with van der Waals surface area (Å²) in [6.07, 6.45) is 0. The smallest absolute Gasteiger partial charge is 0.315 e. The average molecular weight is 341 g/mol. The fourth-order valence-corrected chi connectivity index (χ4v) is 3.10. The van der Waals surface area contributed by atoms with Gasteiger partial charge < -0.3 is 14.8 Å². The number of thiazole rings is 1. The van der Waals surface area contributed by atoms with Crippen LogP contribution >= 0.6 is 11.3 Å². The summed E-state index contributed by atoms with van der Waals surface area (Å²) >= 11 is 1.31. The summed E-state index contributed by atoms with van der Waals surface area (Å²) in [7, 11) is 0. The van der Waals surface area contributed by atoms with Crippen LogP contribution in [-0.4, -0.2) is 23.6 Å². The maximum Gasteiger partial charge on any atom is 0.315 e. The Kier molecular flexibility index (Phi) is 3.51. The lowest BCUT2D eigenvalue weighted by atomic mass is 10.2. The first-order valence-corrected chi connectivity index (χ1v) is 7.88. The van der Waals surface area contributed by atoms with E-state index < -0.39 is 11.8 Å². The Hall–Kier alpha value is -3.13. The number of benzene rings is 2. The average Bonchev–Trinajstić information content (AvgIpc) is 3.19. The number of rotatable bonds is 2. The Labute approximate surface area is 140 Å². The Morgan fingerprint density at radius 1 is 1.00 bits per heavy atom. The van der Waals surface area contributed by atoms with Gasteiger partial charge in [0.25, 0.3) is 0 Å². The van der Waals surface area contributed by atoms with E-state index in [-0.39, 0.29) is 6.79 Å². The first kappa shape index (κ1) is 14.5. The molecule has 2 heterocycles. The van der Waals surface area contributed by atoms with Gasteiger partial charge in [-0.2, -0.15) is 0 Å². The second kappa shape index (κ2) is 5.82. The van der Waals surface area contributed by atoms with Crippen molar-refractivity contribution in [1.29, 1.82) is 0 Å². The molecule has 120 valence electrons. The molecule has 0 bridgehead atoms. The van der Waals surface area contributed by atoms with Crippen LogP contribution in [0.5, 0.6) is 11.5 Å². The number of hydrogen-bond acceptors (Lipinski definition) is 6. The van der Waals surface area contributed by atoms with E-state index in [0.29, 0.717) is 22.3 Å². The molecule has 0 spiro atoms. The fraction of sp³-hybridized carbons (Fsp3) is 0.0625. The zero-order valence-corrected chi connectivity index (χ0v) is 13.1. The number of carbonyl (C=O) groups excluding carboxylic acids is 2. The molecule has 1 aromatic heterocycles. The number of anilines is 2. The van der Waals surface area contributed by atoms with Gasteiger partial charge in [-0.15, -0.1) is 0 Å². The lowest BCUT2D eigenvalue weighted by Gasteiger charge is -2.05. The Morgan fingerprint density at radius 3 is 2.67 bits per heavy atom. The molecule has 1 aliphatic heterocycles. The second-order valence-electron chi connectivity index (χ2n) is 4.96. The highest BCUT2D eigenvalue weighted by atomic mass is 32.1. The summed E-state index contributed by atoms with van der Waals surface area (Å²) in [5, 5.41) is 5.40. The number of nitrogens with zero attached hydrogens (tertiary/aromatic N) is 1. The zero-order chi connectivity index (χ0) is 16.5. The fourth-order valence-electron chi connectivity index (χ4n) is 2.24. The highest BCUT2D eigenvalue weighted by Crippen LogP contribution is 2.34. The second-order valence-corrected chi connectivity index (χ2v) is 5.99. The number of hydrogen-bond donors (Lipinski definition) is 2. The normalized spacial score (nSPS) is 12.2. The first-order chi connectivity index (χ1) is 11.7. The van der Waals surface area contributed by atoms with Crippen molar-refractivity contribution >= 4 is 44.2 Å². The Balaban J connectivity index is 1.45. The van der Waals surface area contributed by atoms with E-state index in [0.717, 1.165) is 10.2 Å². The van der Waals surface area contributed by atoms with Gasteiger partial charge in [-0.05, 0) is 24.3 Å². The molecule has 24 heavy (non-hydrogen) atoms. The molecule has 4 rings (SSSR count). The van der Waals surface area contributed by atoms with E-state index in [1.165, 1.54) is 11.3 Å². The van der Waals surface area contributed by atoms with Gasteiger partial charge in [-0.25, -0.2) is 4.98 Å². The molecule has 0 fully saturated rings. The maximum atomic E-state index is 12.0. The highest BCUT2D eigenvalue weighted by Gasteiger charge is 2.18. The lowest BCUT2D eigenvalue weighted by molar-refractivity contribution is -0.132. The largest absolute Gasteiger partial charge is 0.454 e. The minimum atomic E-state index is -0.785. The number of para-hydroxylation sites is 1. The van der Waals surface area contributed by atoms with Crippen molar-refractivity contribution in [2.75, 3.05) is 17.4 Å². The van der Waals surface area contributed by atoms with Gasteiger partial charge in [-0.1, -0.05) is 23.5 Å². The van der Waals surface area contributed by atoms with E-state index >= 15 is 0 Å². The molecule has 7 nitrogen and oxygen atoms in total. The summed E-state index contributed by atoms with van der Waals surface area (Å²) in [5.41, 5.74) is 1.22. The molecule has 0 aliphatic carbocycles. The summed E-state index contributed by atoms with van der Waals surface area (Å²) in [6, 6.07) is 12.4. The predicted octanol–water partition coefficient (Wildman–Crippen LogP) is 2.60. The van der Waals surface area contributed by atoms with Crippen LogP contribution in [0.25, 0.3) is 10.2 Å². The summed E-state index contributed by atoms with van der Waals surface area (Å²) in [6.45, 7) is 0.144. The van der Waals surface area contributed by atoms with E-state index in [4.69, 9.17) is 9.47 Å². The van der Waals surface area contributed by atoms with Crippen molar-refractivity contribution < 1.29 is 19.1 Å². The van der Waals surface area contributed by atoms with E-state index in [2.05, 4.69) is 15.6 Å². The minimum Gasteiger partial charge on any atom is -0.454 e. The monoisotopic (exact) mass is 341 g/mol. The standard InChI is InChI=1S/C16H11N3O4S/c20-14(17-9-5-6-11-12(7-9)23-8-22-11)15(21)19-16-18-10-3-1-2-4-13(10)24-16/h1-7H,8H2,(H,17,20)(H,18,19,21). The van der Waals surface area contributed by atoms with Crippen LogP contribution < -0.4 is 20.1 Å². The molecule has 0 unspecified atom stereocenters. The van der Waals surface area contributed by atoms with Crippen LogP contribution in [0.3, 0.4) is 0 Å². The third-order valence-electron chi connectivity index (χ3n) is 3.35. The van der Waals surface area contributed by atoms with Crippen LogP contribution in [0.4, 0.5) is 10.8 Å². The maximum absolute atomic E-state index is 12.0. The molecule has 0 saturated carbocycles. The molecule has 2 N–H and O–H groups in total. The van der Waals surface area contributed by atoms with Gasteiger partial charge >= 0.3 is 11.8 Å². The van der Waals surface area contributed by atoms with Gasteiger partial charge in [0.05, 0.1) is 10.2 Å². The van der Waals surface area contributed by atoms with Gasteiger partial charge in [0.2, 0.25) is 6.79 Å². The molecule has 0 radical (unpaired) electrons. The Bertz CT molecular complexity index is 920. The molecular formula is C16H11N3O4S. The van der Waals surface area contributed by atoms with E-state index in [9.17, 15) is 9.59 Å². The third kappa shape index (κ3) is 2.74. The number of nitrogens with one attached hydrogen (secondary N) is 2. The first-order valence-electron chi connectivity index (χ1n) is 7.06. The Morgan fingerprint density at radius 2 is 1.79 bits per heavy atom. The highest BCUT2D eigenvalue weighted by molar-refractivity contribution is 7.22. The molecule has 8 heteroatoms. The number of aromatic nitrogens is 1. The summed E-state index contributed by atoms with van der Waals surface area (Å²) in [5.74, 6) is -0.439. The molecule has 0 atom stereocenters. The SMILES string of the molecule is O=C(Nc1ccc2c(c1)OCO2)C(=O)Nc1nc2ccccc2s1. The predicted molar refractivity (Wildman–Crippen MR) is 89.4 cm³/mol. The van der Waals surface area contributed by atoms with Crippen LogP contribution in [0.2, 0.25) is 0 Å². The van der Waals surface area contributed by atoms with Crippen LogP contribution in [0, 0.1) is 0 Å². The van der Waals surface area contributed by atoms with Crippen LogP contribution in [0.15, 0.2) is 42.5 Å². The van der Waals surface area contributed by atoms with Crippen molar-refractivity contribution in [3.05, 3.63) is 42.5 Å². The van der Waals surface area contributed by atoms with Crippen molar-refractivity contribution in [3.63, 3.8) is 0 Å². The number of amides is 2. The molecule has 3 aromatic rings. The quantitative estimate of drug-likeness (QED) is 0.699. The van der Waals surface area contributed by atoms with Crippen molar-refractivity contribution in [3.8, 4) is 11.5 Å². The molecule has 2 amide bonds. The summed E-state index contributed by atoms with van der Waals surface area (Å²) < 4.78 is 11.4. The van der Waals surface area contributed by atoms with E-state index in [1.807, 2.05) is 24.3 Å². The number of carbonyl (C=O) groups is 2. The summed E-state index contributed by atoms with van der Waals surface area (Å²) in [4.78, 5) is 28.3. The van der Waals surface area contributed by atoms with E-state index in [1.54, 1.807) is 18.2 Å². The van der Waals surface area contributed by atoms with Gasteiger partial charge in [0.1, 0.15) is 0 Å². The van der Waals surface area contributed by atoms with Crippen molar-refractivity contribution in [2.24, 2.45) is 0 Å². The van der Waals surface area contributed by atoms with Gasteiger partial charge in [0.15, 0.2) is 16.6 Å².